The minimum Gasteiger partial charge on any atom is -0.449 e. The Morgan fingerprint density at radius 3 is 2.08 bits per heavy atom. The van der Waals surface area contributed by atoms with E-state index in [0.29, 0.717) is 33.0 Å². The molecule has 0 atom stereocenters. The molecule has 0 bridgehead atoms. The summed E-state index contributed by atoms with van der Waals surface area (Å²) in [6.45, 7) is 3.73. The maximum Gasteiger partial charge on any atom is 0.407 e. The van der Waals surface area contributed by atoms with E-state index in [-0.39, 0.29) is 65.1 Å². The predicted molar refractivity (Wildman–Crippen MR) is 187 cm³/mol. The van der Waals surface area contributed by atoms with Gasteiger partial charge in [0.05, 0.1) is 62.2 Å². The zero-order valence-electron chi connectivity index (χ0n) is 27.3. The van der Waals surface area contributed by atoms with Crippen molar-refractivity contribution in [1.82, 2.24) is 10.3 Å². The molecule has 3 amide bonds. The summed E-state index contributed by atoms with van der Waals surface area (Å²) in [4.78, 5) is 52.0. The Hall–Kier alpha value is -5.22. The van der Waals surface area contributed by atoms with Crippen molar-refractivity contribution in [2.75, 3.05) is 63.4 Å². The van der Waals surface area contributed by atoms with Crippen LogP contribution in [0, 0.1) is 17.0 Å². The lowest BCUT2D eigenvalue weighted by molar-refractivity contribution is -0.380. The van der Waals surface area contributed by atoms with Crippen LogP contribution in [0.25, 0.3) is 11.1 Å². The van der Waals surface area contributed by atoms with Gasteiger partial charge in [-0.3, -0.25) is 25.0 Å². The van der Waals surface area contributed by atoms with E-state index in [1.807, 2.05) is 24.3 Å². The van der Waals surface area contributed by atoms with Gasteiger partial charge in [-0.15, -0.1) is 0 Å². The zero-order valence-corrected chi connectivity index (χ0v) is 28.2. The van der Waals surface area contributed by atoms with Gasteiger partial charge in [-0.05, 0) is 52.6 Å². The molecule has 0 saturated carbocycles. The summed E-state index contributed by atoms with van der Waals surface area (Å²) in [6.07, 6.45) is -0.447. The molecule has 4 aromatic rings. The Morgan fingerprint density at radius 1 is 0.820 bits per heavy atom. The number of hydrogen-bond donors (Lipinski definition) is 3. The number of para-hydroxylation sites is 1. The molecule has 1 heterocycles. The molecule has 5 rings (SSSR count). The Balaban J connectivity index is 0.881. The number of benzene rings is 3. The summed E-state index contributed by atoms with van der Waals surface area (Å²) >= 11 is 0.757. The monoisotopic (exact) mass is 703 g/mol. The van der Waals surface area contributed by atoms with Gasteiger partial charge in [-0.1, -0.05) is 60.7 Å². The van der Waals surface area contributed by atoms with Crippen LogP contribution in [0.1, 0.15) is 39.5 Å². The number of carbonyl (C=O) groups excluding carboxylic acids is 3. The number of alkyl carbamates (subject to hydrolysis) is 1. The third-order valence-electron chi connectivity index (χ3n) is 7.68. The van der Waals surface area contributed by atoms with Crippen LogP contribution in [-0.4, -0.2) is 80.6 Å². The van der Waals surface area contributed by atoms with Gasteiger partial charge in [0.25, 0.3) is 5.91 Å². The van der Waals surface area contributed by atoms with Crippen molar-refractivity contribution < 1.29 is 38.3 Å². The van der Waals surface area contributed by atoms with Crippen molar-refractivity contribution in [2.24, 2.45) is 0 Å². The highest BCUT2D eigenvalue weighted by atomic mass is 32.1. The molecule has 3 N–H and O–H groups in total. The SMILES string of the molecule is Cc1nc(NC(=O)c2ccccc2NC(=O)CCOCCOCCOCCNC(=O)OCC2c3ccccc3-c3ccccc32)sc1[N+](=O)[O-]. The van der Waals surface area contributed by atoms with Gasteiger partial charge in [0.2, 0.25) is 5.91 Å². The molecule has 3 aromatic carbocycles. The quantitative estimate of drug-likeness (QED) is 0.0678. The second-order valence-electron chi connectivity index (χ2n) is 11.1. The number of nitrogens with one attached hydrogen (secondary N) is 3. The van der Waals surface area contributed by atoms with Crippen molar-refractivity contribution in [3.8, 4) is 11.1 Å². The summed E-state index contributed by atoms with van der Waals surface area (Å²) < 4.78 is 22.0. The number of amides is 3. The van der Waals surface area contributed by atoms with E-state index in [9.17, 15) is 24.5 Å². The molecule has 1 aliphatic carbocycles. The van der Waals surface area contributed by atoms with E-state index in [1.54, 1.807) is 18.2 Å². The van der Waals surface area contributed by atoms with Crippen LogP contribution in [0.4, 0.5) is 20.6 Å². The van der Waals surface area contributed by atoms with Gasteiger partial charge in [0.15, 0.2) is 5.13 Å². The largest absolute Gasteiger partial charge is 0.449 e. The average Bonchev–Trinajstić information content (AvgIpc) is 3.64. The molecule has 0 fully saturated rings. The minimum atomic E-state index is -0.561. The van der Waals surface area contributed by atoms with Gasteiger partial charge >= 0.3 is 11.1 Å². The third kappa shape index (κ3) is 9.69. The third-order valence-corrected chi connectivity index (χ3v) is 8.71. The van der Waals surface area contributed by atoms with Crippen molar-refractivity contribution in [1.29, 1.82) is 0 Å². The molecule has 15 heteroatoms. The fourth-order valence-electron chi connectivity index (χ4n) is 5.36. The molecular weight excluding hydrogens is 666 g/mol. The van der Waals surface area contributed by atoms with Gasteiger partial charge in [-0.2, -0.15) is 0 Å². The average molecular weight is 704 g/mol. The predicted octanol–water partition coefficient (Wildman–Crippen LogP) is 5.53. The number of aryl methyl sites for hydroxylation is 1. The van der Waals surface area contributed by atoms with Gasteiger partial charge in [0.1, 0.15) is 12.3 Å². The number of rotatable bonds is 18. The first-order valence-corrected chi connectivity index (χ1v) is 16.8. The smallest absolute Gasteiger partial charge is 0.407 e. The topological polar surface area (TPSA) is 180 Å². The molecule has 0 unspecified atom stereocenters. The summed E-state index contributed by atoms with van der Waals surface area (Å²) in [7, 11) is 0. The number of thiazole rings is 1. The fourth-order valence-corrected chi connectivity index (χ4v) is 6.14. The molecule has 0 radical (unpaired) electrons. The number of nitrogens with zero attached hydrogens (tertiary/aromatic N) is 2. The first-order chi connectivity index (χ1) is 24.3. The maximum absolute atomic E-state index is 12.8. The van der Waals surface area contributed by atoms with Gasteiger partial charge in [0, 0.05) is 12.5 Å². The standard InChI is InChI=1S/C35H37N5O9S/c1-23-33(40(44)45)50-34(37-23)39-32(42)28-12-6-7-13-30(28)38-31(41)14-16-46-18-20-48-21-19-47-17-15-36-35(43)49-22-29-26-10-4-2-8-24(26)25-9-3-5-11-27(25)29/h2-13,29H,14-22H2,1H3,(H,36,43)(H,38,41)(H,37,39,42). The molecule has 50 heavy (non-hydrogen) atoms. The highest BCUT2D eigenvalue weighted by molar-refractivity contribution is 7.19. The minimum absolute atomic E-state index is 0.00185. The van der Waals surface area contributed by atoms with Crippen molar-refractivity contribution in [2.45, 2.75) is 19.3 Å². The maximum atomic E-state index is 12.8. The molecule has 0 saturated heterocycles. The number of hydrogen-bond acceptors (Lipinski definition) is 11. The Kier molecular flexibility index (Phi) is 13.0. The second kappa shape index (κ2) is 18.0. The van der Waals surface area contributed by atoms with Crippen LogP contribution in [0.15, 0.2) is 72.8 Å². The van der Waals surface area contributed by atoms with E-state index in [2.05, 4.69) is 45.2 Å². The molecule has 14 nitrogen and oxygen atoms in total. The van der Waals surface area contributed by atoms with E-state index in [1.165, 1.54) is 24.1 Å². The number of fused-ring (bicyclic) bond motifs is 3. The Morgan fingerprint density at radius 2 is 1.42 bits per heavy atom. The van der Waals surface area contributed by atoms with Crippen LogP contribution < -0.4 is 16.0 Å². The van der Waals surface area contributed by atoms with Gasteiger partial charge in [-0.25, -0.2) is 9.78 Å². The van der Waals surface area contributed by atoms with Crippen LogP contribution in [0.2, 0.25) is 0 Å². The summed E-state index contributed by atoms with van der Waals surface area (Å²) in [5, 5.41) is 18.9. The molecule has 262 valence electrons. The summed E-state index contributed by atoms with van der Waals surface area (Å²) in [5.41, 5.74) is 5.33. The molecule has 1 aliphatic rings. The van der Waals surface area contributed by atoms with E-state index in [0.717, 1.165) is 22.5 Å². The lowest BCUT2D eigenvalue weighted by Gasteiger charge is -2.14. The Labute approximate surface area is 292 Å². The van der Waals surface area contributed by atoms with E-state index in [4.69, 9.17) is 18.9 Å². The van der Waals surface area contributed by atoms with Gasteiger partial charge < -0.3 is 29.6 Å². The van der Waals surface area contributed by atoms with Crippen molar-refractivity contribution in [3.63, 3.8) is 0 Å². The first kappa shape index (κ1) is 36.1. The zero-order chi connectivity index (χ0) is 35.3. The van der Waals surface area contributed by atoms with Crippen molar-refractivity contribution >= 4 is 45.1 Å². The highest BCUT2D eigenvalue weighted by Crippen LogP contribution is 2.44. The highest BCUT2D eigenvalue weighted by Gasteiger charge is 2.29. The van der Waals surface area contributed by atoms with Crippen LogP contribution >= 0.6 is 11.3 Å². The van der Waals surface area contributed by atoms with E-state index >= 15 is 0 Å². The number of anilines is 2. The van der Waals surface area contributed by atoms with E-state index < -0.39 is 16.9 Å². The second-order valence-corrected chi connectivity index (χ2v) is 12.0. The Bertz CT molecular complexity index is 1770. The number of ether oxygens (including phenoxy) is 4. The number of carbonyl (C=O) groups is 3. The fraction of sp³-hybridized carbons (Fsp3) is 0.314. The van der Waals surface area contributed by atoms with Crippen LogP contribution in [0.5, 0.6) is 0 Å². The number of aromatic nitrogens is 1. The first-order valence-electron chi connectivity index (χ1n) is 16.0. The lowest BCUT2D eigenvalue weighted by Crippen LogP contribution is -2.29. The molecule has 1 aromatic heterocycles. The van der Waals surface area contributed by atoms with Crippen LogP contribution in [0.3, 0.4) is 0 Å². The molecular formula is C35H37N5O9S. The number of nitro groups is 1. The lowest BCUT2D eigenvalue weighted by atomic mass is 9.98. The van der Waals surface area contributed by atoms with Crippen LogP contribution in [-0.2, 0) is 23.7 Å². The summed E-state index contributed by atoms with van der Waals surface area (Å²) in [6, 6.07) is 22.8. The van der Waals surface area contributed by atoms with Crippen molar-refractivity contribution in [3.05, 3.63) is 105 Å². The normalized spacial score (nSPS) is 11.8. The molecule has 0 spiro atoms. The molecule has 0 aliphatic heterocycles. The summed E-state index contributed by atoms with van der Waals surface area (Å²) in [5.74, 6) is -0.914.